The van der Waals surface area contributed by atoms with Gasteiger partial charge < -0.3 is 9.73 Å². The molecule has 5 rings (SSSR count). The molecule has 2 aromatic heterocycles. The van der Waals surface area contributed by atoms with E-state index in [9.17, 15) is 9.59 Å². The van der Waals surface area contributed by atoms with Crippen LogP contribution in [0.2, 0.25) is 0 Å². The highest BCUT2D eigenvalue weighted by atomic mass is 16.4. The summed E-state index contributed by atoms with van der Waals surface area (Å²) in [4.78, 5) is 27.7. The normalized spacial score (nSPS) is 16.7. The van der Waals surface area contributed by atoms with Crippen LogP contribution in [0.15, 0.2) is 57.7 Å². The Labute approximate surface area is 198 Å². The van der Waals surface area contributed by atoms with E-state index in [0.717, 1.165) is 44.7 Å². The maximum Gasteiger partial charge on any atom is 0.336 e. The van der Waals surface area contributed by atoms with Crippen LogP contribution in [0.3, 0.4) is 0 Å². The van der Waals surface area contributed by atoms with Gasteiger partial charge >= 0.3 is 5.63 Å². The second-order valence-electron chi connectivity index (χ2n) is 9.02. The van der Waals surface area contributed by atoms with Crippen LogP contribution >= 0.6 is 0 Å². The number of carbonyl (C=O) groups excluding carboxylic acids is 1. The summed E-state index contributed by atoms with van der Waals surface area (Å²) in [5, 5.41) is 8.68. The molecule has 174 valence electrons. The van der Waals surface area contributed by atoms with Gasteiger partial charge in [0.05, 0.1) is 11.4 Å². The topological polar surface area (TPSA) is 80.4 Å². The lowest BCUT2D eigenvalue weighted by molar-refractivity contribution is -0.129. The largest absolute Gasteiger partial charge is 0.423 e. The molecule has 1 aliphatic rings. The highest BCUT2D eigenvalue weighted by molar-refractivity contribution is 5.85. The van der Waals surface area contributed by atoms with Crippen LogP contribution in [0, 0.1) is 27.7 Å². The lowest BCUT2D eigenvalue weighted by Crippen LogP contribution is -2.49. The number of fused-ring (bicyclic) bond motifs is 1. The van der Waals surface area contributed by atoms with E-state index in [1.807, 2.05) is 68.8 Å². The minimum Gasteiger partial charge on any atom is -0.423 e. The maximum absolute atomic E-state index is 13.2. The van der Waals surface area contributed by atoms with Crippen LogP contribution in [0.1, 0.15) is 39.7 Å². The molecular weight excluding hydrogens is 428 g/mol. The first-order valence-electron chi connectivity index (χ1n) is 11.5. The van der Waals surface area contributed by atoms with Gasteiger partial charge in [0.25, 0.3) is 0 Å². The monoisotopic (exact) mass is 456 g/mol. The Hall–Kier alpha value is -3.71. The number of aryl methyl sites for hydroxylation is 3. The first-order chi connectivity index (χ1) is 16.3. The fraction of sp³-hybridized carbons (Fsp3) is 0.296. The molecule has 0 spiro atoms. The van der Waals surface area contributed by atoms with Crippen molar-refractivity contribution in [1.82, 2.24) is 20.0 Å². The fourth-order valence-electron chi connectivity index (χ4n) is 4.90. The van der Waals surface area contributed by atoms with E-state index in [1.54, 1.807) is 6.07 Å². The molecule has 0 unspecified atom stereocenters. The molecule has 4 aromatic rings. The standard InChI is InChI=1S/C27H28N4O3/c1-16-12-22-20(14-24(32)34-23(22)13-17(16)2)15-30-11-10-28-27(33)26(30)25-18(3)29-31(19(25)4)21-8-6-5-7-9-21/h5-9,12-14,26H,10-11,15H2,1-4H3,(H,28,33)/t26-/m0/s1. The number of piperazine rings is 1. The van der Waals surface area contributed by atoms with Gasteiger partial charge in [0, 0.05) is 42.3 Å². The SMILES string of the molecule is Cc1cc2oc(=O)cc(CN3CCNC(=O)[C@@H]3c3c(C)nn(-c4ccccc4)c3C)c2cc1C. The number of nitrogens with zero attached hydrogens (tertiary/aromatic N) is 3. The van der Waals surface area contributed by atoms with Gasteiger partial charge in [-0.2, -0.15) is 5.10 Å². The van der Waals surface area contributed by atoms with Crippen LogP contribution in [0.4, 0.5) is 0 Å². The highest BCUT2D eigenvalue weighted by Gasteiger charge is 2.35. The molecule has 3 heterocycles. The average Bonchev–Trinajstić information content (AvgIpc) is 3.10. The van der Waals surface area contributed by atoms with Crippen LogP contribution < -0.4 is 10.9 Å². The van der Waals surface area contributed by atoms with E-state index >= 15 is 0 Å². The van der Waals surface area contributed by atoms with Crippen molar-refractivity contribution in [3.63, 3.8) is 0 Å². The lowest BCUT2D eigenvalue weighted by atomic mass is 9.98. The van der Waals surface area contributed by atoms with Gasteiger partial charge in [-0.05, 0) is 68.7 Å². The summed E-state index contributed by atoms with van der Waals surface area (Å²) in [6.07, 6.45) is 0. The molecule has 0 aliphatic carbocycles. The van der Waals surface area contributed by atoms with E-state index < -0.39 is 6.04 Å². The molecule has 1 atom stereocenters. The Bertz CT molecular complexity index is 1450. The predicted molar refractivity (Wildman–Crippen MR) is 131 cm³/mol. The van der Waals surface area contributed by atoms with Crippen LogP contribution in [0.25, 0.3) is 16.7 Å². The zero-order valence-corrected chi connectivity index (χ0v) is 19.9. The van der Waals surface area contributed by atoms with E-state index in [4.69, 9.17) is 9.52 Å². The first-order valence-corrected chi connectivity index (χ1v) is 11.5. The first kappa shape index (κ1) is 22.1. The van der Waals surface area contributed by atoms with Gasteiger partial charge in [0.2, 0.25) is 5.91 Å². The number of rotatable bonds is 4. The van der Waals surface area contributed by atoms with Gasteiger partial charge in [-0.1, -0.05) is 18.2 Å². The van der Waals surface area contributed by atoms with Crippen molar-refractivity contribution in [3.05, 3.63) is 92.6 Å². The summed E-state index contributed by atoms with van der Waals surface area (Å²) in [6, 6.07) is 14.9. The van der Waals surface area contributed by atoms with E-state index in [1.165, 1.54) is 0 Å². The maximum atomic E-state index is 13.2. The third-order valence-corrected chi connectivity index (χ3v) is 6.75. The van der Waals surface area contributed by atoms with Gasteiger partial charge in [-0.3, -0.25) is 9.69 Å². The predicted octanol–water partition coefficient (Wildman–Crippen LogP) is 3.89. The summed E-state index contributed by atoms with van der Waals surface area (Å²) < 4.78 is 7.38. The zero-order chi connectivity index (χ0) is 24.0. The fourth-order valence-corrected chi connectivity index (χ4v) is 4.90. The van der Waals surface area contributed by atoms with Crippen LogP contribution in [-0.2, 0) is 11.3 Å². The highest BCUT2D eigenvalue weighted by Crippen LogP contribution is 2.32. The van der Waals surface area contributed by atoms with Gasteiger partial charge in [-0.15, -0.1) is 0 Å². The molecule has 1 saturated heterocycles. The minimum atomic E-state index is -0.500. The van der Waals surface area contributed by atoms with Crippen molar-refractivity contribution >= 4 is 16.9 Å². The minimum absolute atomic E-state index is 0.0515. The summed E-state index contributed by atoms with van der Waals surface area (Å²) in [5.41, 5.74) is 6.86. The Morgan fingerprint density at radius 1 is 1.03 bits per heavy atom. The number of benzene rings is 2. The Morgan fingerprint density at radius 3 is 2.53 bits per heavy atom. The Balaban J connectivity index is 1.59. The quantitative estimate of drug-likeness (QED) is 0.472. The van der Waals surface area contributed by atoms with Crippen LogP contribution in [0.5, 0.6) is 0 Å². The van der Waals surface area contributed by atoms with Crippen molar-refractivity contribution in [2.45, 2.75) is 40.3 Å². The molecule has 2 aromatic carbocycles. The van der Waals surface area contributed by atoms with Crippen molar-refractivity contribution in [1.29, 1.82) is 0 Å². The molecule has 7 nitrogen and oxygen atoms in total. The number of aromatic nitrogens is 2. The molecule has 1 N–H and O–H groups in total. The van der Waals surface area contributed by atoms with Crippen LogP contribution in [-0.4, -0.2) is 33.7 Å². The van der Waals surface area contributed by atoms with E-state index in [2.05, 4.69) is 16.3 Å². The van der Waals surface area contributed by atoms with E-state index in [0.29, 0.717) is 25.2 Å². The third-order valence-electron chi connectivity index (χ3n) is 6.75. The molecular formula is C27H28N4O3. The number of carbonyl (C=O) groups is 1. The molecule has 1 aliphatic heterocycles. The molecule has 0 bridgehead atoms. The second kappa shape index (κ2) is 8.57. The smallest absolute Gasteiger partial charge is 0.336 e. The molecule has 34 heavy (non-hydrogen) atoms. The van der Waals surface area contributed by atoms with Crippen molar-refractivity contribution < 1.29 is 9.21 Å². The molecule has 7 heteroatoms. The average molecular weight is 457 g/mol. The molecule has 0 radical (unpaired) electrons. The Kier molecular flexibility index (Phi) is 5.57. The van der Waals surface area contributed by atoms with Crippen molar-refractivity contribution in [3.8, 4) is 5.69 Å². The van der Waals surface area contributed by atoms with Gasteiger partial charge in [0.1, 0.15) is 11.6 Å². The number of amides is 1. The lowest BCUT2D eigenvalue weighted by Gasteiger charge is -2.35. The van der Waals surface area contributed by atoms with Gasteiger partial charge in [0.15, 0.2) is 0 Å². The van der Waals surface area contributed by atoms with Crippen molar-refractivity contribution in [2.75, 3.05) is 13.1 Å². The summed E-state index contributed by atoms with van der Waals surface area (Å²) in [7, 11) is 0. The molecule has 1 amide bonds. The summed E-state index contributed by atoms with van der Waals surface area (Å²) in [5.74, 6) is -0.0515. The number of hydrogen-bond donors (Lipinski definition) is 1. The number of nitrogens with one attached hydrogen (secondary N) is 1. The molecule has 0 saturated carbocycles. The molecule has 1 fully saturated rings. The van der Waals surface area contributed by atoms with Crippen molar-refractivity contribution in [2.24, 2.45) is 0 Å². The Morgan fingerprint density at radius 2 is 1.76 bits per heavy atom. The summed E-state index contributed by atoms with van der Waals surface area (Å²) in [6.45, 7) is 9.67. The summed E-state index contributed by atoms with van der Waals surface area (Å²) >= 11 is 0. The third kappa shape index (κ3) is 3.82. The number of para-hydroxylation sites is 1. The number of hydrogen-bond acceptors (Lipinski definition) is 5. The van der Waals surface area contributed by atoms with E-state index in [-0.39, 0.29) is 11.5 Å². The zero-order valence-electron chi connectivity index (χ0n) is 19.9. The second-order valence-corrected chi connectivity index (χ2v) is 9.02. The van der Waals surface area contributed by atoms with Gasteiger partial charge in [-0.25, -0.2) is 9.48 Å².